The monoisotopic (exact) mass is 237 g/mol. The van der Waals surface area contributed by atoms with Crippen LogP contribution in [0.2, 0.25) is 0 Å². The Morgan fingerprint density at radius 1 is 1.41 bits per heavy atom. The fourth-order valence-electron chi connectivity index (χ4n) is 1.60. The molecule has 1 atom stereocenters. The summed E-state index contributed by atoms with van der Waals surface area (Å²) in [5, 5.41) is 12.7. The number of rotatable bonds is 5. The first kappa shape index (κ1) is 13.5. The molecule has 0 heterocycles. The Balaban J connectivity index is 2.64. The van der Waals surface area contributed by atoms with Crippen molar-refractivity contribution in [2.45, 2.75) is 26.4 Å². The predicted molar refractivity (Wildman–Crippen MR) is 65.6 cm³/mol. The molecule has 0 fully saturated rings. The molecule has 4 nitrogen and oxygen atoms in total. The summed E-state index contributed by atoms with van der Waals surface area (Å²) < 4.78 is 4.73. The van der Waals surface area contributed by atoms with E-state index in [0.29, 0.717) is 6.54 Å². The Kier molecular flexibility index (Phi) is 4.97. The van der Waals surface area contributed by atoms with E-state index in [1.165, 1.54) is 7.11 Å². The van der Waals surface area contributed by atoms with Crippen molar-refractivity contribution in [3.8, 4) is 5.75 Å². The van der Waals surface area contributed by atoms with Gasteiger partial charge in [-0.25, -0.2) is 0 Å². The van der Waals surface area contributed by atoms with Gasteiger partial charge in [0.15, 0.2) is 0 Å². The van der Waals surface area contributed by atoms with Crippen LogP contribution >= 0.6 is 0 Å². The summed E-state index contributed by atoms with van der Waals surface area (Å²) in [6.45, 7) is 4.32. The number of benzene rings is 1. The molecular weight excluding hydrogens is 218 g/mol. The first-order chi connectivity index (χ1) is 8.06. The predicted octanol–water partition coefficient (Wildman–Crippen LogP) is 1.68. The zero-order valence-corrected chi connectivity index (χ0v) is 10.4. The number of methoxy groups -OCH3 is 1. The lowest BCUT2D eigenvalue weighted by atomic mass is 10.0. The van der Waals surface area contributed by atoms with Crippen LogP contribution in [0.25, 0.3) is 0 Å². The second-order valence-electron chi connectivity index (χ2n) is 4.25. The number of aromatic hydroxyl groups is 1. The number of carbonyl (C=O) groups is 1. The molecule has 0 bridgehead atoms. The molecule has 0 aliphatic rings. The van der Waals surface area contributed by atoms with Crippen LogP contribution < -0.4 is 5.32 Å². The van der Waals surface area contributed by atoms with E-state index in [9.17, 15) is 9.90 Å². The Morgan fingerprint density at radius 2 is 2.06 bits per heavy atom. The van der Waals surface area contributed by atoms with Gasteiger partial charge in [0.2, 0.25) is 0 Å². The van der Waals surface area contributed by atoms with Gasteiger partial charge >= 0.3 is 5.97 Å². The lowest BCUT2D eigenvalue weighted by Gasteiger charge is -2.20. The van der Waals surface area contributed by atoms with Crippen LogP contribution in [0.3, 0.4) is 0 Å². The highest BCUT2D eigenvalue weighted by atomic mass is 16.5. The molecule has 0 aliphatic heterocycles. The van der Waals surface area contributed by atoms with E-state index in [0.717, 1.165) is 5.56 Å². The van der Waals surface area contributed by atoms with Crippen LogP contribution in [0.4, 0.5) is 0 Å². The van der Waals surface area contributed by atoms with E-state index < -0.39 is 0 Å². The summed E-state index contributed by atoms with van der Waals surface area (Å²) in [5.41, 5.74) is 0.766. The molecule has 1 rings (SSSR count). The van der Waals surface area contributed by atoms with Gasteiger partial charge in [0.25, 0.3) is 0 Å². The van der Waals surface area contributed by atoms with Gasteiger partial charge in [-0.05, 0) is 12.0 Å². The summed E-state index contributed by atoms with van der Waals surface area (Å²) in [7, 11) is 1.37. The van der Waals surface area contributed by atoms with Crippen LogP contribution in [0, 0.1) is 5.92 Å². The van der Waals surface area contributed by atoms with Crippen molar-refractivity contribution in [1.82, 2.24) is 5.32 Å². The first-order valence-corrected chi connectivity index (χ1v) is 5.64. The first-order valence-electron chi connectivity index (χ1n) is 5.64. The van der Waals surface area contributed by atoms with E-state index in [1.54, 1.807) is 12.1 Å². The van der Waals surface area contributed by atoms with Crippen molar-refractivity contribution in [3.05, 3.63) is 29.8 Å². The third kappa shape index (κ3) is 3.75. The van der Waals surface area contributed by atoms with Crippen molar-refractivity contribution < 1.29 is 14.6 Å². The lowest BCUT2D eigenvalue weighted by molar-refractivity contribution is -0.144. The molecule has 1 aromatic carbocycles. The van der Waals surface area contributed by atoms with Crippen LogP contribution in [-0.4, -0.2) is 24.2 Å². The van der Waals surface area contributed by atoms with Gasteiger partial charge in [-0.3, -0.25) is 10.1 Å². The number of carbonyl (C=O) groups excluding carboxylic acids is 1. The zero-order chi connectivity index (χ0) is 12.8. The van der Waals surface area contributed by atoms with Crippen LogP contribution in [0.15, 0.2) is 24.3 Å². The van der Waals surface area contributed by atoms with Gasteiger partial charge in [-0.2, -0.15) is 0 Å². The van der Waals surface area contributed by atoms with Crippen LogP contribution in [0.5, 0.6) is 5.75 Å². The largest absolute Gasteiger partial charge is 0.508 e. The summed E-state index contributed by atoms with van der Waals surface area (Å²) in [5.74, 6) is 0.0797. The van der Waals surface area contributed by atoms with Gasteiger partial charge in [0.05, 0.1) is 7.11 Å². The van der Waals surface area contributed by atoms with Gasteiger partial charge in [-0.1, -0.05) is 32.0 Å². The van der Waals surface area contributed by atoms with E-state index >= 15 is 0 Å². The SMILES string of the molecule is COC(=O)C(NCc1ccccc1O)C(C)C. The lowest BCUT2D eigenvalue weighted by Crippen LogP contribution is -2.41. The quantitative estimate of drug-likeness (QED) is 0.765. The second kappa shape index (κ2) is 6.25. The third-order valence-electron chi connectivity index (χ3n) is 2.63. The minimum absolute atomic E-state index is 0.133. The summed E-state index contributed by atoms with van der Waals surface area (Å²) in [6, 6.07) is 6.69. The Bertz CT molecular complexity index is 377. The van der Waals surface area contributed by atoms with E-state index in [-0.39, 0.29) is 23.7 Å². The molecule has 0 saturated carbocycles. The van der Waals surface area contributed by atoms with Crippen molar-refractivity contribution in [2.24, 2.45) is 5.92 Å². The maximum Gasteiger partial charge on any atom is 0.323 e. The van der Waals surface area contributed by atoms with Gasteiger partial charge < -0.3 is 9.84 Å². The summed E-state index contributed by atoms with van der Waals surface area (Å²) in [6.07, 6.45) is 0. The van der Waals surface area contributed by atoms with Crippen molar-refractivity contribution >= 4 is 5.97 Å². The third-order valence-corrected chi connectivity index (χ3v) is 2.63. The maximum atomic E-state index is 11.5. The number of hydrogen-bond donors (Lipinski definition) is 2. The molecule has 4 heteroatoms. The van der Waals surface area contributed by atoms with E-state index in [1.807, 2.05) is 26.0 Å². The van der Waals surface area contributed by atoms with Crippen LogP contribution in [-0.2, 0) is 16.1 Å². The molecule has 0 saturated heterocycles. The fourth-order valence-corrected chi connectivity index (χ4v) is 1.60. The Morgan fingerprint density at radius 3 is 2.59 bits per heavy atom. The zero-order valence-electron chi connectivity index (χ0n) is 10.4. The van der Waals surface area contributed by atoms with Gasteiger partial charge in [0, 0.05) is 12.1 Å². The molecule has 0 aromatic heterocycles. The van der Waals surface area contributed by atoms with E-state index in [4.69, 9.17) is 4.74 Å². The number of esters is 1. The standard InChI is InChI=1S/C13H19NO3/c1-9(2)12(13(16)17-3)14-8-10-6-4-5-7-11(10)15/h4-7,9,12,14-15H,8H2,1-3H3. The number of ether oxygens (including phenoxy) is 1. The fraction of sp³-hybridized carbons (Fsp3) is 0.462. The Labute approximate surface area is 102 Å². The number of para-hydroxylation sites is 1. The van der Waals surface area contributed by atoms with E-state index in [2.05, 4.69) is 5.32 Å². The molecule has 2 N–H and O–H groups in total. The highest BCUT2D eigenvalue weighted by Crippen LogP contribution is 2.16. The van der Waals surface area contributed by atoms with Gasteiger partial charge in [0.1, 0.15) is 11.8 Å². The van der Waals surface area contributed by atoms with Crippen molar-refractivity contribution in [3.63, 3.8) is 0 Å². The van der Waals surface area contributed by atoms with Crippen LogP contribution in [0.1, 0.15) is 19.4 Å². The minimum atomic E-state index is -0.361. The smallest absolute Gasteiger partial charge is 0.323 e. The number of hydrogen-bond acceptors (Lipinski definition) is 4. The molecule has 1 unspecified atom stereocenters. The highest BCUT2D eigenvalue weighted by Gasteiger charge is 2.22. The van der Waals surface area contributed by atoms with Crippen molar-refractivity contribution in [2.75, 3.05) is 7.11 Å². The number of phenols is 1. The average Bonchev–Trinajstić information content (AvgIpc) is 2.30. The summed E-state index contributed by atoms with van der Waals surface area (Å²) >= 11 is 0. The molecule has 0 aliphatic carbocycles. The maximum absolute atomic E-state index is 11.5. The molecular formula is C13H19NO3. The molecule has 1 aromatic rings. The molecule has 94 valence electrons. The summed E-state index contributed by atoms with van der Waals surface area (Å²) in [4.78, 5) is 11.5. The normalized spacial score (nSPS) is 12.5. The molecule has 17 heavy (non-hydrogen) atoms. The molecule has 0 amide bonds. The molecule has 0 radical (unpaired) electrons. The van der Waals surface area contributed by atoms with Gasteiger partial charge in [-0.15, -0.1) is 0 Å². The Hall–Kier alpha value is -1.55. The average molecular weight is 237 g/mol. The topological polar surface area (TPSA) is 58.6 Å². The number of phenolic OH excluding ortho intramolecular Hbond substituents is 1. The molecule has 0 spiro atoms. The second-order valence-corrected chi connectivity index (χ2v) is 4.25. The number of nitrogens with one attached hydrogen (secondary N) is 1. The minimum Gasteiger partial charge on any atom is -0.508 e. The highest BCUT2D eigenvalue weighted by molar-refractivity contribution is 5.75. The van der Waals surface area contributed by atoms with Crippen molar-refractivity contribution in [1.29, 1.82) is 0 Å².